The van der Waals surface area contributed by atoms with Gasteiger partial charge in [0.2, 0.25) is 0 Å². The van der Waals surface area contributed by atoms with Crippen LogP contribution in [0.15, 0.2) is 46.5 Å². The number of nitrogens with zero attached hydrogens (tertiary/aromatic N) is 3. The standard InChI is InChI=1S/C18H23N5O/c1-18-11-10-16(19-14-4-2-3-5-14)21-23(18)17(20-22-18)12-13-6-8-15(24)9-7-13/h6-11,14,22,24H,2-5,12H2,1H3,(H,19,21). The van der Waals surface area contributed by atoms with Crippen LogP contribution < -0.4 is 10.9 Å². The van der Waals surface area contributed by atoms with E-state index in [9.17, 15) is 5.11 Å². The molecule has 0 spiro atoms. The van der Waals surface area contributed by atoms with Gasteiger partial charge in [0.15, 0.2) is 5.66 Å². The van der Waals surface area contributed by atoms with Crippen LogP contribution in [0.25, 0.3) is 0 Å². The Labute approximate surface area is 141 Å². The van der Waals surface area contributed by atoms with Gasteiger partial charge in [-0.05, 0) is 49.6 Å². The molecule has 1 atom stereocenters. The Kier molecular flexibility index (Phi) is 3.67. The number of hydrogen-bond donors (Lipinski definition) is 3. The smallest absolute Gasteiger partial charge is 0.163 e. The average Bonchev–Trinajstić information content (AvgIpc) is 3.19. The van der Waals surface area contributed by atoms with Gasteiger partial charge >= 0.3 is 0 Å². The summed E-state index contributed by atoms with van der Waals surface area (Å²) >= 11 is 0. The molecular formula is C18H23N5O. The molecule has 126 valence electrons. The van der Waals surface area contributed by atoms with Gasteiger partial charge in [-0.25, -0.2) is 5.01 Å². The van der Waals surface area contributed by atoms with Crippen molar-refractivity contribution in [2.75, 3.05) is 0 Å². The number of fused-ring (bicyclic) bond motifs is 1. The molecule has 1 fully saturated rings. The SMILES string of the molecule is CC12C=CC(=NC3CCCC3)NN1C(Cc1ccc(O)cc1)=NN2. The van der Waals surface area contributed by atoms with Crippen molar-refractivity contribution >= 4 is 11.7 Å². The highest BCUT2D eigenvalue weighted by molar-refractivity contribution is 5.98. The normalized spacial score (nSPS) is 27.8. The second-order valence-corrected chi connectivity index (χ2v) is 6.86. The molecular weight excluding hydrogens is 302 g/mol. The van der Waals surface area contributed by atoms with E-state index < -0.39 is 0 Å². The number of amidine groups is 2. The summed E-state index contributed by atoms with van der Waals surface area (Å²) in [5, 5.41) is 16.0. The minimum Gasteiger partial charge on any atom is -0.508 e. The maximum Gasteiger partial charge on any atom is 0.163 e. The van der Waals surface area contributed by atoms with Crippen LogP contribution in [0.1, 0.15) is 38.2 Å². The first-order valence-electron chi connectivity index (χ1n) is 8.58. The highest BCUT2D eigenvalue weighted by atomic mass is 16.3. The Balaban J connectivity index is 1.52. The first kappa shape index (κ1) is 15.1. The summed E-state index contributed by atoms with van der Waals surface area (Å²) < 4.78 is 0. The molecule has 2 heterocycles. The van der Waals surface area contributed by atoms with E-state index in [-0.39, 0.29) is 11.4 Å². The van der Waals surface area contributed by atoms with Crippen molar-refractivity contribution < 1.29 is 5.11 Å². The molecule has 1 aromatic rings. The molecule has 0 radical (unpaired) electrons. The lowest BCUT2D eigenvalue weighted by Gasteiger charge is -2.38. The molecule has 0 amide bonds. The summed E-state index contributed by atoms with van der Waals surface area (Å²) in [5.41, 5.74) is 7.34. The zero-order valence-corrected chi connectivity index (χ0v) is 13.9. The fourth-order valence-corrected chi connectivity index (χ4v) is 3.45. The van der Waals surface area contributed by atoms with Gasteiger partial charge in [0, 0.05) is 6.42 Å². The van der Waals surface area contributed by atoms with Gasteiger partial charge in [0.05, 0.1) is 6.04 Å². The van der Waals surface area contributed by atoms with Crippen LogP contribution in [0.3, 0.4) is 0 Å². The zero-order chi connectivity index (χ0) is 16.6. The fraction of sp³-hybridized carbons (Fsp3) is 0.444. The van der Waals surface area contributed by atoms with Crippen molar-refractivity contribution in [1.82, 2.24) is 15.9 Å². The van der Waals surface area contributed by atoms with E-state index in [0.717, 1.165) is 17.2 Å². The van der Waals surface area contributed by atoms with Crippen LogP contribution in [-0.2, 0) is 6.42 Å². The van der Waals surface area contributed by atoms with Gasteiger partial charge in [-0.2, -0.15) is 5.10 Å². The van der Waals surface area contributed by atoms with E-state index in [1.54, 1.807) is 12.1 Å². The number of aliphatic imine (C=N–C) groups is 1. The molecule has 1 aromatic carbocycles. The molecule has 0 aromatic heterocycles. The quantitative estimate of drug-likeness (QED) is 0.797. The number of phenols is 1. The monoisotopic (exact) mass is 325 g/mol. The van der Waals surface area contributed by atoms with Gasteiger partial charge < -0.3 is 5.11 Å². The van der Waals surface area contributed by atoms with Gasteiger partial charge in [-0.15, -0.1) is 0 Å². The topological polar surface area (TPSA) is 72.2 Å². The first-order chi connectivity index (χ1) is 11.6. The number of phenolic OH excluding ortho intramolecular Hbond substituents is 1. The zero-order valence-electron chi connectivity index (χ0n) is 13.9. The number of benzene rings is 1. The summed E-state index contributed by atoms with van der Waals surface area (Å²) in [6.07, 6.45) is 9.75. The highest BCUT2D eigenvalue weighted by Gasteiger charge is 2.40. The van der Waals surface area contributed by atoms with Crippen LogP contribution >= 0.6 is 0 Å². The molecule has 1 unspecified atom stereocenters. The van der Waals surface area contributed by atoms with Gasteiger partial charge in [0.25, 0.3) is 0 Å². The predicted octanol–water partition coefficient (Wildman–Crippen LogP) is 2.29. The molecule has 0 saturated heterocycles. The Morgan fingerprint density at radius 1 is 1.29 bits per heavy atom. The van der Waals surface area contributed by atoms with Crippen LogP contribution in [-0.4, -0.2) is 33.5 Å². The molecule has 6 nitrogen and oxygen atoms in total. The van der Waals surface area contributed by atoms with Crippen LogP contribution in [0.4, 0.5) is 0 Å². The maximum absolute atomic E-state index is 9.43. The second-order valence-electron chi connectivity index (χ2n) is 6.86. The number of nitrogens with one attached hydrogen (secondary N) is 2. The van der Waals surface area contributed by atoms with E-state index >= 15 is 0 Å². The molecule has 3 N–H and O–H groups in total. The Morgan fingerprint density at radius 2 is 2.04 bits per heavy atom. The number of aromatic hydroxyl groups is 1. The summed E-state index contributed by atoms with van der Waals surface area (Å²) in [4.78, 5) is 4.84. The number of rotatable bonds is 3. The third-order valence-corrected chi connectivity index (χ3v) is 4.87. The Morgan fingerprint density at radius 3 is 2.79 bits per heavy atom. The third kappa shape index (κ3) is 2.84. The summed E-state index contributed by atoms with van der Waals surface area (Å²) in [7, 11) is 0. The van der Waals surface area contributed by atoms with Gasteiger partial charge in [-0.3, -0.25) is 15.8 Å². The van der Waals surface area contributed by atoms with E-state index in [1.165, 1.54) is 25.7 Å². The molecule has 6 heteroatoms. The van der Waals surface area contributed by atoms with E-state index in [4.69, 9.17) is 4.99 Å². The Bertz CT molecular complexity index is 703. The minimum atomic E-state index is -0.374. The lowest BCUT2D eigenvalue weighted by molar-refractivity contribution is 0.197. The number of hydrogen-bond acceptors (Lipinski definition) is 5. The van der Waals surface area contributed by atoms with Crippen molar-refractivity contribution in [3.63, 3.8) is 0 Å². The van der Waals surface area contributed by atoms with Crippen molar-refractivity contribution in [2.24, 2.45) is 10.1 Å². The average molecular weight is 325 g/mol. The van der Waals surface area contributed by atoms with Crippen LogP contribution in [0.5, 0.6) is 5.75 Å². The predicted molar refractivity (Wildman–Crippen MR) is 94.6 cm³/mol. The van der Waals surface area contributed by atoms with Gasteiger partial charge in [0.1, 0.15) is 17.4 Å². The van der Waals surface area contributed by atoms with E-state index in [0.29, 0.717) is 12.5 Å². The lowest BCUT2D eigenvalue weighted by Crippen LogP contribution is -2.61. The lowest BCUT2D eigenvalue weighted by atomic mass is 10.1. The van der Waals surface area contributed by atoms with Crippen LogP contribution in [0.2, 0.25) is 0 Å². The van der Waals surface area contributed by atoms with Crippen LogP contribution in [0, 0.1) is 0 Å². The largest absolute Gasteiger partial charge is 0.508 e. The molecule has 1 saturated carbocycles. The first-order valence-corrected chi connectivity index (χ1v) is 8.58. The minimum absolute atomic E-state index is 0.278. The molecule has 24 heavy (non-hydrogen) atoms. The summed E-state index contributed by atoms with van der Waals surface area (Å²) in [6, 6.07) is 7.68. The van der Waals surface area contributed by atoms with Gasteiger partial charge in [-0.1, -0.05) is 25.0 Å². The number of hydrazone groups is 1. The fourth-order valence-electron chi connectivity index (χ4n) is 3.45. The van der Waals surface area contributed by atoms with E-state index in [2.05, 4.69) is 29.0 Å². The molecule has 1 aliphatic carbocycles. The second kappa shape index (κ2) is 5.85. The summed E-state index contributed by atoms with van der Waals surface area (Å²) in [5.74, 6) is 2.09. The maximum atomic E-state index is 9.43. The molecule has 0 bridgehead atoms. The van der Waals surface area contributed by atoms with E-state index in [1.807, 2.05) is 23.2 Å². The van der Waals surface area contributed by atoms with Crippen molar-refractivity contribution in [3.8, 4) is 5.75 Å². The summed E-state index contributed by atoms with van der Waals surface area (Å²) in [6.45, 7) is 2.08. The molecule has 4 rings (SSSR count). The molecule has 2 aliphatic heterocycles. The van der Waals surface area contributed by atoms with Crippen molar-refractivity contribution in [2.45, 2.75) is 50.7 Å². The highest BCUT2D eigenvalue weighted by Crippen LogP contribution is 2.25. The Hall–Kier alpha value is -2.50. The third-order valence-electron chi connectivity index (χ3n) is 4.87. The van der Waals surface area contributed by atoms with Crippen molar-refractivity contribution in [3.05, 3.63) is 42.0 Å². The molecule has 3 aliphatic rings. The number of hydrazine groups is 1. The van der Waals surface area contributed by atoms with Crippen molar-refractivity contribution in [1.29, 1.82) is 0 Å².